The van der Waals surface area contributed by atoms with Gasteiger partial charge >= 0.3 is 0 Å². The molecule has 0 fully saturated rings. The molecule has 1 atom stereocenters. The third-order valence-electron chi connectivity index (χ3n) is 3.56. The van der Waals surface area contributed by atoms with Crippen molar-refractivity contribution < 1.29 is 9.53 Å². The number of benzene rings is 2. The van der Waals surface area contributed by atoms with Gasteiger partial charge in [-0.25, -0.2) is 0 Å². The lowest BCUT2D eigenvalue weighted by Crippen LogP contribution is -2.30. The molecular formula is C19H18N2O2. The Kier molecular flexibility index (Phi) is 4.24. The van der Waals surface area contributed by atoms with Crippen molar-refractivity contribution in [2.75, 3.05) is 5.32 Å². The number of para-hydroxylation sites is 1. The van der Waals surface area contributed by atoms with Crippen molar-refractivity contribution in [1.82, 2.24) is 4.98 Å². The number of ether oxygens (including phenoxy) is 1. The van der Waals surface area contributed by atoms with Crippen LogP contribution in [0.3, 0.4) is 0 Å². The van der Waals surface area contributed by atoms with Gasteiger partial charge in [-0.1, -0.05) is 30.3 Å². The Morgan fingerprint density at radius 1 is 1.13 bits per heavy atom. The maximum Gasteiger partial charge on any atom is 0.265 e. The van der Waals surface area contributed by atoms with Gasteiger partial charge in [-0.3, -0.25) is 9.78 Å². The Morgan fingerprint density at radius 3 is 2.74 bits per heavy atom. The predicted molar refractivity (Wildman–Crippen MR) is 91.6 cm³/mol. The van der Waals surface area contributed by atoms with Crippen LogP contribution in [0, 0.1) is 6.92 Å². The highest BCUT2D eigenvalue weighted by Crippen LogP contribution is 2.21. The van der Waals surface area contributed by atoms with Gasteiger partial charge in [0, 0.05) is 11.6 Å². The normalized spacial score (nSPS) is 11.9. The van der Waals surface area contributed by atoms with Gasteiger partial charge < -0.3 is 10.1 Å². The first kappa shape index (κ1) is 15.0. The molecule has 3 rings (SSSR count). The molecule has 0 aliphatic carbocycles. The molecule has 0 spiro atoms. The first-order chi connectivity index (χ1) is 11.1. The second-order valence-electron chi connectivity index (χ2n) is 5.45. The summed E-state index contributed by atoms with van der Waals surface area (Å²) in [4.78, 5) is 16.7. The fraction of sp³-hybridized carbons (Fsp3) is 0.158. The highest BCUT2D eigenvalue weighted by Gasteiger charge is 2.16. The van der Waals surface area contributed by atoms with Crippen LogP contribution < -0.4 is 10.1 Å². The number of hydrogen-bond acceptors (Lipinski definition) is 3. The van der Waals surface area contributed by atoms with Crippen LogP contribution in [0.2, 0.25) is 0 Å². The number of carbonyl (C=O) groups excluding carboxylic acids is 1. The fourth-order valence-corrected chi connectivity index (χ4v) is 2.39. The van der Waals surface area contributed by atoms with Crippen LogP contribution in [0.4, 0.5) is 5.69 Å². The molecule has 0 bridgehead atoms. The number of hydrogen-bond donors (Lipinski definition) is 1. The minimum atomic E-state index is -0.601. The van der Waals surface area contributed by atoms with Crippen LogP contribution in [0.25, 0.3) is 10.9 Å². The summed E-state index contributed by atoms with van der Waals surface area (Å²) in [6.07, 6.45) is 1.11. The number of amides is 1. The van der Waals surface area contributed by atoms with E-state index in [0.717, 1.165) is 16.5 Å². The quantitative estimate of drug-likeness (QED) is 0.794. The van der Waals surface area contributed by atoms with E-state index in [9.17, 15) is 4.79 Å². The van der Waals surface area contributed by atoms with Crippen molar-refractivity contribution in [1.29, 1.82) is 0 Å². The van der Waals surface area contributed by atoms with Gasteiger partial charge in [0.15, 0.2) is 6.10 Å². The average Bonchev–Trinajstić information content (AvgIpc) is 2.55. The minimum Gasteiger partial charge on any atom is -0.481 e. The van der Waals surface area contributed by atoms with Crippen LogP contribution in [0.5, 0.6) is 5.75 Å². The Morgan fingerprint density at radius 2 is 1.91 bits per heavy atom. The second kappa shape index (κ2) is 6.48. The van der Waals surface area contributed by atoms with Crippen LogP contribution in [0.1, 0.15) is 12.5 Å². The van der Waals surface area contributed by atoms with Gasteiger partial charge in [0.2, 0.25) is 0 Å². The number of rotatable bonds is 4. The van der Waals surface area contributed by atoms with E-state index in [1.165, 1.54) is 0 Å². The van der Waals surface area contributed by atoms with Gasteiger partial charge in [-0.2, -0.15) is 0 Å². The molecular weight excluding hydrogens is 288 g/mol. The van der Waals surface area contributed by atoms with E-state index in [0.29, 0.717) is 11.4 Å². The zero-order valence-electron chi connectivity index (χ0n) is 13.1. The molecule has 0 saturated heterocycles. The molecule has 1 heterocycles. The Labute approximate surface area is 135 Å². The number of nitrogens with one attached hydrogen (secondary N) is 1. The number of nitrogens with zero attached hydrogens (tertiary/aromatic N) is 1. The maximum atomic E-state index is 12.4. The molecule has 2 aromatic carbocycles. The highest BCUT2D eigenvalue weighted by atomic mass is 16.5. The van der Waals surface area contributed by atoms with E-state index >= 15 is 0 Å². The average molecular weight is 306 g/mol. The van der Waals surface area contributed by atoms with E-state index in [-0.39, 0.29) is 5.91 Å². The largest absolute Gasteiger partial charge is 0.481 e. The molecule has 0 aliphatic heterocycles. The molecule has 3 aromatic rings. The third-order valence-corrected chi connectivity index (χ3v) is 3.56. The van der Waals surface area contributed by atoms with E-state index < -0.39 is 6.10 Å². The number of anilines is 1. The highest BCUT2D eigenvalue weighted by molar-refractivity contribution is 6.01. The molecule has 4 heteroatoms. The minimum absolute atomic E-state index is 0.204. The molecule has 0 saturated carbocycles. The summed E-state index contributed by atoms with van der Waals surface area (Å²) < 4.78 is 5.71. The summed E-state index contributed by atoms with van der Waals surface area (Å²) in [5.74, 6) is 0.480. The van der Waals surface area contributed by atoms with Gasteiger partial charge in [0.05, 0.1) is 11.2 Å². The first-order valence-corrected chi connectivity index (χ1v) is 7.51. The van der Waals surface area contributed by atoms with Gasteiger partial charge in [-0.15, -0.1) is 0 Å². The Bertz CT molecular complexity index is 840. The smallest absolute Gasteiger partial charge is 0.265 e. The molecule has 0 aliphatic rings. The lowest BCUT2D eigenvalue weighted by Gasteiger charge is -2.15. The van der Waals surface area contributed by atoms with Crippen molar-refractivity contribution in [2.45, 2.75) is 20.0 Å². The lowest BCUT2D eigenvalue weighted by atomic mass is 10.2. The number of aromatic nitrogens is 1. The van der Waals surface area contributed by atoms with E-state index in [2.05, 4.69) is 10.3 Å². The number of fused-ring (bicyclic) bond motifs is 1. The van der Waals surface area contributed by atoms with Crippen LogP contribution >= 0.6 is 0 Å². The van der Waals surface area contributed by atoms with Crippen molar-refractivity contribution in [3.05, 3.63) is 66.4 Å². The fourth-order valence-electron chi connectivity index (χ4n) is 2.39. The second-order valence-corrected chi connectivity index (χ2v) is 5.45. The summed E-state index contributed by atoms with van der Waals surface area (Å²) in [5, 5.41) is 3.88. The van der Waals surface area contributed by atoms with Crippen LogP contribution in [-0.4, -0.2) is 17.0 Å². The molecule has 116 valence electrons. The van der Waals surface area contributed by atoms with Crippen LogP contribution in [0.15, 0.2) is 60.8 Å². The topological polar surface area (TPSA) is 51.2 Å². The standard InChI is InChI=1S/C19H18N2O2/c1-13-6-3-9-16(12-13)23-14(2)19(22)21-17-10-4-7-15-8-5-11-20-18(15)17/h3-12,14H,1-2H3,(H,21,22)/t14-/m1/s1. The molecule has 23 heavy (non-hydrogen) atoms. The summed E-state index contributed by atoms with van der Waals surface area (Å²) >= 11 is 0. The number of carbonyl (C=O) groups is 1. The van der Waals surface area contributed by atoms with Crippen molar-refractivity contribution in [2.24, 2.45) is 0 Å². The van der Waals surface area contributed by atoms with Crippen molar-refractivity contribution >= 4 is 22.5 Å². The van der Waals surface area contributed by atoms with Gasteiger partial charge in [-0.05, 0) is 43.7 Å². The summed E-state index contributed by atoms with van der Waals surface area (Å²) in [6, 6.07) is 17.2. The molecule has 1 N–H and O–H groups in total. The summed E-state index contributed by atoms with van der Waals surface area (Å²) in [7, 11) is 0. The van der Waals surface area contributed by atoms with Gasteiger partial charge in [0.25, 0.3) is 5.91 Å². The zero-order chi connectivity index (χ0) is 16.2. The maximum absolute atomic E-state index is 12.4. The first-order valence-electron chi connectivity index (χ1n) is 7.51. The lowest BCUT2D eigenvalue weighted by molar-refractivity contribution is -0.122. The zero-order valence-corrected chi connectivity index (χ0v) is 13.1. The van der Waals surface area contributed by atoms with Crippen LogP contribution in [-0.2, 0) is 4.79 Å². The summed E-state index contributed by atoms with van der Waals surface area (Å²) in [5.41, 5.74) is 2.55. The van der Waals surface area contributed by atoms with Crippen molar-refractivity contribution in [3.63, 3.8) is 0 Å². The van der Waals surface area contributed by atoms with Crippen molar-refractivity contribution in [3.8, 4) is 5.75 Å². The number of pyridine rings is 1. The Balaban J connectivity index is 1.75. The Hall–Kier alpha value is -2.88. The monoisotopic (exact) mass is 306 g/mol. The summed E-state index contributed by atoms with van der Waals surface area (Å²) in [6.45, 7) is 3.72. The molecule has 1 aromatic heterocycles. The predicted octanol–water partition coefficient (Wildman–Crippen LogP) is 3.95. The van der Waals surface area contributed by atoms with E-state index in [1.807, 2.05) is 61.5 Å². The third kappa shape index (κ3) is 3.48. The SMILES string of the molecule is Cc1cccc(O[C@H](C)C(=O)Nc2cccc3cccnc23)c1. The molecule has 1 amide bonds. The number of aryl methyl sites for hydroxylation is 1. The van der Waals surface area contributed by atoms with E-state index in [1.54, 1.807) is 13.1 Å². The molecule has 0 radical (unpaired) electrons. The van der Waals surface area contributed by atoms with E-state index in [4.69, 9.17) is 4.74 Å². The molecule has 0 unspecified atom stereocenters. The molecule has 4 nitrogen and oxygen atoms in total. The van der Waals surface area contributed by atoms with Gasteiger partial charge in [0.1, 0.15) is 5.75 Å².